The van der Waals surface area contributed by atoms with E-state index < -0.39 is 0 Å². The van der Waals surface area contributed by atoms with Crippen molar-refractivity contribution in [2.45, 2.75) is 155 Å². The summed E-state index contributed by atoms with van der Waals surface area (Å²) in [6, 6.07) is 0. The van der Waals surface area contributed by atoms with Gasteiger partial charge in [0.15, 0.2) is 0 Å². The summed E-state index contributed by atoms with van der Waals surface area (Å²) in [6.07, 6.45) is 33.7. The summed E-state index contributed by atoms with van der Waals surface area (Å²) in [4.78, 5) is 5.18. The number of nitrogens with zero attached hydrogens (tertiary/aromatic N) is 2. The van der Waals surface area contributed by atoms with Crippen LogP contribution in [0.15, 0.2) is 12.4 Å². The largest absolute Gasteiger partial charge is 0.356 e. The molecule has 2 heteroatoms. The van der Waals surface area contributed by atoms with E-state index in [1.165, 1.54) is 142 Å². The Balaban J connectivity index is 1.89. The molecule has 30 heavy (non-hydrogen) atoms. The van der Waals surface area contributed by atoms with Gasteiger partial charge in [0.1, 0.15) is 6.17 Å². The van der Waals surface area contributed by atoms with E-state index in [0.717, 1.165) is 0 Å². The highest BCUT2D eigenvalue weighted by Gasteiger charge is 2.23. The lowest BCUT2D eigenvalue weighted by atomic mass is 10.0. The van der Waals surface area contributed by atoms with E-state index in [9.17, 15) is 0 Å². The number of hydrogen-bond donors (Lipinski definition) is 0. The minimum atomic E-state index is 0.623. The minimum Gasteiger partial charge on any atom is -0.356 e. The molecular weight excluding hydrogens is 364 g/mol. The molecule has 1 heterocycles. The van der Waals surface area contributed by atoms with Gasteiger partial charge in [0.25, 0.3) is 0 Å². The zero-order valence-electron chi connectivity index (χ0n) is 21.2. The number of rotatable bonds is 22. The van der Waals surface area contributed by atoms with Crippen molar-refractivity contribution in [3.8, 4) is 0 Å². The molecule has 0 saturated heterocycles. The van der Waals surface area contributed by atoms with E-state index in [1.54, 1.807) is 0 Å². The molecule has 0 aromatic heterocycles. The van der Waals surface area contributed by atoms with E-state index in [0.29, 0.717) is 6.17 Å². The monoisotopic (exact) mass is 420 g/mol. The van der Waals surface area contributed by atoms with Crippen LogP contribution in [0, 0.1) is 0 Å². The summed E-state index contributed by atoms with van der Waals surface area (Å²) >= 11 is 0. The van der Waals surface area contributed by atoms with Gasteiger partial charge in [-0.3, -0.25) is 0 Å². The Morgan fingerprint density at radius 1 is 0.433 bits per heavy atom. The molecule has 0 aromatic carbocycles. The predicted molar refractivity (Wildman–Crippen MR) is 136 cm³/mol. The summed E-state index contributed by atoms with van der Waals surface area (Å²) in [6.45, 7) is 9.43. The highest BCUT2D eigenvalue weighted by molar-refractivity contribution is 4.96. The van der Waals surface area contributed by atoms with Crippen molar-refractivity contribution in [1.82, 2.24) is 9.80 Å². The summed E-state index contributed by atoms with van der Waals surface area (Å²) in [7, 11) is 0. The van der Waals surface area contributed by atoms with E-state index in [1.807, 2.05) is 0 Å². The van der Waals surface area contributed by atoms with Gasteiger partial charge < -0.3 is 9.80 Å². The zero-order valence-corrected chi connectivity index (χ0v) is 21.2. The van der Waals surface area contributed by atoms with Crippen molar-refractivity contribution in [3.05, 3.63) is 12.4 Å². The topological polar surface area (TPSA) is 6.48 Å². The molecule has 0 spiro atoms. The third-order valence-electron chi connectivity index (χ3n) is 6.87. The first-order valence-corrected chi connectivity index (χ1v) is 14.0. The number of hydrogen-bond acceptors (Lipinski definition) is 2. The van der Waals surface area contributed by atoms with Crippen molar-refractivity contribution in [1.29, 1.82) is 0 Å². The fourth-order valence-electron chi connectivity index (χ4n) is 4.86. The van der Waals surface area contributed by atoms with Gasteiger partial charge in [-0.1, -0.05) is 130 Å². The van der Waals surface area contributed by atoms with Crippen LogP contribution in [-0.2, 0) is 0 Å². The Bertz CT molecular complexity index is 379. The second kappa shape index (κ2) is 20.3. The Kier molecular flexibility index (Phi) is 18.5. The van der Waals surface area contributed by atoms with Crippen LogP contribution in [0.3, 0.4) is 0 Å². The molecule has 0 N–H and O–H groups in total. The molecule has 1 unspecified atom stereocenters. The van der Waals surface area contributed by atoms with Gasteiger partial charge in [0.05, 0.1) is 0 Å². The first-order chi connectivity index (χ1) is 14.8. The maximum Gasteiger partial charge on any atom is 0.100 e. The average Bonchev–Trinajstić information content (AvgIpc) is 3.15. The van der Waals surface area contributed by atoms with E-state index >= 15 is 0 Å². The van der Waals surface area contributed by atoms with Crippen molar-refractivity contribution in [2.24, 2.45) is 0 Å². The normalized spacial score (nSPS) is 16.2. The Labute approximate surface area is 190 Å². The molecule has 0 radical (unpaired) electrons. The molecular formula is C28H56N2. The zero-order chi connectivity index (χ0) is 21.7. The average molecular weight is 421 g/mol. The van der Waals surface area contributed by atoms with Crippen LogP contribution in [0.25, 0.3) is 0 Å². The van der Waals surface area contributed by atoms with Crippen LogP contribution in [0.5, 0.6) is 0 Å². The highest BCUT2D eigenvalue weighted by Crippen LogP contribution is 2.21. The lowest BCUT2D eigenvalue weighted by molar-refractivity contribution is 0.144. The lowest BCUT2D eigenvalue weighted by Gasteiger charge is -2.32. The summed E-state index contributed by atoms with van der Waals surface area (Å²) in [5.41, 5.74) is 0. The summed E-state index contributed by atoms with van der Waals surface area (Å²) in [5.74, 6) is 0. The van der Waals surface area contributed by atoms with Gasteiger partial charge in [-0.05, 0) is 19.3 Å². The van der Waals surface area contributed by atoms with Crippen molar-refractivity contribution < 1.29 is 0 Å². The van der Waals surface area contributed by atoms with Crippen molar-refractivity contribution >= 4 is 0 Å². The van der Waals surface area contributed by atoms with E-state index in [-0.39, 0.29) is 0 Å². The molecule has 2 nitrogen and oxygen atoms in total. The van der Waals surface area contributed by atoms with Crippen molar-refractivity contribution in [3.63, 3.8) is 0 Å². The standard InChI is InChI=1S/C28H56N2/c1-4-7-9-11-12-13-14-15-16-17-18-19-20-21-23-25-30-27-26-29(28(30)6-3)24-22-10-8-5-2/h26-28H,4-25H2,1-3H3. The maximum absolute atomic E-state index is 2.60. The van der Waals surface area contributed by atoms with Gasteiger partial charge in [0, 0.05) is 25.5 Å². The van der Waals surface area contributed by atoms with Crippen LogP contribution in [0.2, 0.25) is 0 Å². The molecule has 178 valence electrons. The second-order valence-electron chi connectivity index (χ2n) is 9.67. The number of unbranched alkanes of at least 4 members (excludes halogenated alkanes) is 17. The van der Waals surface area contributed by atoms with Gasteiger partial charge in [-0.2, -0.15) is 0 Å². The van der Waals surface area contributed by atoms with E-state index in [2.05, 4.69) is 43.0 Å². The molecule has 1 aliphatic heterocycles. The SMILES string of the molecule is CCCCCCCCCCCCCCCCCN1C=CN(CCCCCC)C1CC. The van der Waals surface area contributed by atoms with Crippen LogP contribution in [0.1, 0.15) is 149 Å². The first kappa shape index (κ1) is 27.4. The van der Waals surface area contributed by atoms with Gasteiger partial charge in [-0.25, -0.2) is 0 Å². The third kappa shape index (κ3) is 13.6. The third-order valence-corrected chi connectivity index (χ3v) is 6.87. The van der Waals surface area contributed by atoms with Crippen LogP contribution >= 0.6 is 0 Å². The van der Waals surface area contributed by atoms with Crippen LogP contribution < -0.4 is 0 Å². The molecule has 0 bridgehead atoms. The summed E-state index contributed by atoms with van der Waals surface area (Å²) in [5, 5.41) is 0. The quantitative estimate of drug-likeness (QED) is 0.161. The molecule has 1 aliphatic rings. The minimum absolute atomic E-state index is 0.623. The molecule has 0 amide bonds. The Hall–Kier alpha value is -0.660. The van der Waals surface area contributed by atoms with Crippen molar-refractivity contribution in [2.75, 3.05) is 13.1 Å². The van der Waals surface area contributed by atoms with Gasteiger partial charge in [0.2, 0.25) is 0 Å². The van der Waals surface area contributed by atoms with Gasteiger partial charge in [-0.15, -0.1) is 0 Å². The Morgan fingerprint density at radius 3 is 1.07 bits per heavy atom. The fraction of sp³-hybridized carbons (Fsp3) is 0.929. The predicted octanol–water partition coefficient (Wildman–Crippen LogP) is 9.26. The molecule has 0 fully saturated rings. The second-order valence-corrected chi connectivity index (χ2v) is 9.67. The van der Waals surface area contributed by atoms with Crippen LogP contribution in [0.4, 0.5) is 0 Å². The lowest BCUT2D eigenvalue weighted by Crippen LogP contribution is -2.38. The fourth-order valence-corrected chi connectivity index (χ4v) is 4.86. The molecule has 1 rings (SSSR count). The molecule has 0 saturated carbocycles. The highest BCUT2D eigenvalue weighted by atomic mass is 15.4. The smallest absolute Gasteiger partial charge is 0.100 e. The molecule has 0 aromatic rings. The van der Waals surface area contributed by atoms with Crippen LogP contribution in [-0.4, -0.2) is 29.1 Å². The van der Waals surface area contributed by atoms with Gasteiger partial charge >= 0.3 is 0 Å². The summed E-state index contributed by atoms with van der Waals surface area (Å²) < 4.78 is 0. The van der Waals surface area contributed by atoms with E-state index in [4.69, 9.17) is 0 Å². The maximum atomic E-state index is 2.60. The molecule has 1 atom stereocenters. The first-order valence-electron chi connectivity index (χ1n) is 14.0. The Morgan fingerprint density at radius 2 is 0.733 bits per heavy atom. The molecule has 0 aliphatic carbocycles.